The standard InChI is InChI=1S/C11H13BrN2O2/c12-9-4-1-5-13-10(9)11(16)14-6-2-3-8(15)7-14/h1,4-5,8,15H,2-3,6-7H2/t8-/m0/s1. The van der Waals surface area contributed by atoms with E-state index in [1.165, 1.54) is 0 Å². The molecule has 1 atom stereocenters. The Morgan fingerprint density at radius 2 is 2.44 bits per heavy atom. The minimum atomic E-state index is -0.403. The first-order valence-corrected chi connectivity index (χ1v) is 6.05. The highest BCUT2D eigenvalue weighted by atomic mass is 79.9. The fourth-order valence-corrected chi connectivity index (χ4v) is 2.26. The Morgan fingerprint density at radius 1 is 1.62 bits per heavy atom. The second-order valence-electron chi connectivity index (χ2n) is 3.88. The zero-order chi connectivity index (χ0) is 11.5. The summed E-state index contributed by atoms with van der Waals surface area (Å²) in [7, 11) is 0. The molecule has 1 fully saturated rings. The maximum absolute atomic E-state index is 12.1. The molecule has 0 spiro atoms. The first-order chi connectivity index (χ1) is 7.68. The smallest absolute Gasteiger partial charge is 0.273 e. The Balaban J connectivity index is 2.16. The highest BCUT2D eigenvalue weighted by molar-refractivity contribution is 9.10. The van der Waals surface area contributed by atoms with Gasteiger partial charge in [0.05, 0.1) is 6.10 Å². The van der Waals surface area contributed by atoms with Crippen molar-refractivity contribution in [3.63, 3.8) is 0 Å². The molecule has 2 heterocycles. The van der Waals surface area contributed by atoms with E-state index in [4.69, 9.17) is 0 Å². The first-order valence-electron chi connectivity index (χ1n) is 5.26. The molecule has 5 heteroatoms. The molecular weight excluding hydrogens is 272 g/mol. The third-order valence-corrected chi connectivity index (χ3v) is 3.28. The SMILES string of the molecule is O=C(c1ncccc1Br)N1CCC[C@H](O)C1. The number of aliphatic hydroxyl groups is 1. The summed E-state index contributed by atoms with van der Waals surface area (Å²) < 4.78 is 0.695. The fourth-order valence-electron chi connectivity index (χ4n) is 1.83. The highest BCUT2D eigenvalue weighted by Gasteiger charge is 2.24. The van der Waals surface area contributed by atoms with Crippen molar-refractivity contribution in [3.05, 3.63) is 28.5 Å². The van der Waals surface area contributed by atoms with Gasteiger partial charge in [0.1, 0.15) is 5.69 Å². The molecule has 0 bridgehead atoms. The molecular formula is C11H13BrN2O2. The van der Waals surface area contributed by atoms with Crippen LogP contribution < -0.4 is 0 Å². The van der Waals surface area contributed by atoms with Gasteiger partial charge in [0, 0.05) is 23.8 Å². The summed E-state index contributed by atoms with van der Waals surface area (Å²) in [6, 6.07) is 3.56. The van der Waals surface area contributed by atoms with E-state index in [1.54, 1.807) is 23.2 Å². The van der Waals surface area contributed by atoms with Crippen molar-refractivity contribution >= 4 is 21.8 Å². The maximum Gasteiger partial charge on any atom is 0.273 e. The number of nitrogens with zero attached hydrogens (tertiary/aromatic N) is 2. The molecule has 0 saturated carbocycles. The Morgan fingerprint density at radius 3 is 3.12 bits per heavy atom. The molecule has 86 valence electrons. The lowest BCUT2D eigenvalue weighted by Crippen LogP contribution is -2.42. The summed E-state index contributed by atoms with van der Waals surface area (Å²) in [5.74, 6) is -0.119. The van der Waals surface area contributed by atoms with Crippen LogP contribution in [0.3, 0.4) is 0 Å². The summed E-state index contributed by atoms with van der Waals surface area (Å²) >= 11 is 3.31. The van der Waals surface area contributed by atoms with Crippen LogP contribution in [0.2, 0.25) is 0 Å². The summed E-state index contributed by atoms with van der Waals surface area (Å²) in [5.41, 5.74) is 0.414. The molecule has 1 aliphatic rings. The van der Waals surface area contributed by atoms with Gasteiger partial charge >= 0.3 is 0 Å². The lowest BCUT2D eigenvalue weighted by Gasteiger charge is -2.29. The lowest BCUT2D eigenvalue weighted by molar-refractivity contribution is 0.0468. The molecule has 16 heavy (non-hydrogen) atoms. The number of aliphatic hydroxyl groups excluding tert-OH is 1. The number of halogens is 1. The number of pyridine rings is 1. The van der Waals surface area contributed by atoms with Crippen molar-refractivity contribution in [1.82, 2.24) is 9.88 Å². The average Bonchev–Trinajstić information content (AvgIpc) is 2.29. The zero-order valence-electron chi connectivity index (χ0n) is 8.77. The molecule has 1 aromatic heterocycles. The molecule has 0 unspecified atom stereocenters. The molecule has 1 N–H and O–H groups in total. The normalized spacial score (nSPS) is 20.9. The van der Waals surface area contributed by atoms with E-state index < -0.39 is 6.10 Å². The highest BCUT2D eigenvalue weighted by Crippen LogP contribution is 2.18. The predicted octanol–water partition coefficient (Wildman–Crippen LogP) is 1.44. The van der Waals surface area contributed by atoms with Crippen LogP contribution in [0.5, 0.6) is 0 Å². The van der Waals surface area contributed by atoms with Crippen LogP contribution in [0, 0.1) is 0 Å². The van der Waals surface area contributed by atoms with Crippen molar-refractivity contribution in [2.75, 3.05) is 13.1 Å². The number of carbonyl (C=O) groups excluding carboxylic acids is 1. The molecule has 1 amide bonds. The Hall–Kier alpha value is -0.940. The third kappa shape index (κ3) is 2.41. The van der Waals surface area contributed by atoms with Crippen molar-refractivity contribution in [2.24, 2.45) is 0 Å². The van der Waals surface area contributed by atoms with Gasteiger partial charge < -0.3 is 10.0 Å². The Labute approximate surface area is 102 Å². The van der Waals surface area contributed by atoms with E-state index in [1.807, 2.05) is 0 Å². The summed E-state index contributed by atoms with van der Waals surface area (Å²) in [6.45, 7) is 1.10. The number of amides is 1. The predicted molar refractivity (Wildman–Crippen MR) is 63.1 cm³/mol. The van der Waals surface area contributed by atoms with E-state index in [-0.39, 0.29) is 5.91 Å². The molecule has 0 aromatic carbocycles. The lowest BCUT2D eigenvalue weighted by atomic mass is 10.1. The van der Waals surface area contributed by atoms with Crippen molar-refractivity contribution in [3.8, 4) is 0 Å². The summed E-state index contributed by atoms with van der Waals surface area (Å²) in [4.78, 5) is 17.8. The molecule has 0 aliphatic carbocycles. The van der Waals surface area contributed by atoms with Crippen LogP contribution in [0.4, 0.5) is 0 Å². The van der Waals surface area contributed by atoms with Gasteiger partial charge in [0.2, 0.25) is 0 Å². The van der Waals surface area contributed by atoms with E-state index in [0.29, 0.717) is 23.3 Å². The van der Waals surface area contributed by atoms with Crippen molar-refractivity contribution in [2.45, 2.75) is 18.9 Å². The monoisotopic (exact) mass is 284 g/mol. The topological polar surface area (TPSA) is 53.4 Å². The molecule has 1 aliphatic heterocycles. The molecule has 1 saturated heterocycles. The summed E-state index contributed by atoms with van der Waals surface area (Å²) in [6.07, 6.45) is 2.81. The minimum absolute atomic E-state index is 0.119. The number of hydrogen-bond acceptors (Lipinski definition) is 3. The van der Waals surface area contributed by atoms with Crippen LogP contribution in [-0.4, -0.2) is 40.1 Å². The summed E-state index contributed by atoms with van der Waals surface area (Å²) in [5, 5.41) is 9.52. The fraction of sp³-hybridized carbons (Fsp3) is 0.455. The van der Waals surface area contributed by atoms with Gasteiger partial charge in [0.15, 0.2) is 0 Å². The van der Waals surface area contributed by atoms with Gasteiger partial charge in [-0.15, -0.1) is 0 Å². The first kappa shape index (κ1) is 11.5. The molecule has 4 nitrogen and oxygen atoms in total. The van der Waals surface area contributed by atoms with Crippen LogP contribution in [0.1, 0.15) is 23.3 Å². The van der Waals surface area contributed by atoms with E-state index >= 15 is 0 Å². The number of likely N-dealkylation sites (tertiary alicyclic amines) is 1. The number of β-amino-alcohol motifs (C(OH)–C–C–N with tert-alkyl or cyclic N) is 1. The second-order valence-corrected chi connectivity index (χ2v) is 4.74. The van der Waals surface area contributed by atoms with Crippen molar-refractivity contribution in [1.29, 1.82) is 0 Å². The molecule has 1 aromatic rings. The average molecular weight is 285 g/mol. The largest absolute Gasteiger partial charge is 0.391 e. The van der Waals surface area contributed by atoms with Gasteiger partial charge in [-0.1, -0.05) is 0 Å². The molecule has 2 rings (SSSR count). The van der Waals surface area contributed by atoms with Crippen LogP contribution in [0.15, 0.2) is 22.8 Å². The Bertz CT molecular complexity index is 397. The van der Waals surface area contributed by atoms with E-state index in [2.05, 4.69) is 20.9 Å². The number of rotatable bonds is 1. The minimum Gasteiger partial charge on any atom is -0.391 e. The number of carbonyl (C=O) groups is 1. The number of hydrogen-bond donors (Lipinski definition) is 1. The quantitative estimate of drug-likeness (QED) is 0.849. The third-order valence-electron chi connectivity index (χ3n) is 2.64. The van der Waals surface area contributed by atoms with Crippen LogP contribution in [0.25, 0.3) is 0 Å². The Kier molecular flexibility index (Phi) is 3.56. The zero-order valence-corrected chi connectivity index (χ0v) is 10.4. The second kappa shape index (κ2) is 4.93. The van der Waals surface area contributed by atoms with Crippen molar-refractivity contribution < 1.29 is 9.90 Å². The maximum atomic E-state index is 12.1. The van der Waals surface area contributed by atoms with E-state index in [0.717, 1.165) is 12.8 Å². The van der Waals surface area contributed by atoms with Crippen LogP contribution >= 0.6 is 15.9 Å². The van der Waals surface area contributed by atoms with Crippen LogP contribution in [-0.2, 0) is 0 Å². The van der Waals surface area contributed by atoms with Gasteiger partial charge in [-0.3, -0.25) is 4.79 Å². The van der Waals surface area contributed by atoms with Gasteiger partial charge in [-0.2, -0.15) is 0 Å². The molecule has 0 radical (unpaired) electrons. The number of aromatic nitrogens is 1. The van der Waals surface area contributed by atoms with Gasteiger partial charge in [-0.05, 0) is 40.9 Å². The van der Waals surface area contributed by atoms with Gasteiger partial charge in [0.25, 0.3) is 5.91 Å². The number of piperidine rings is 1. The van der Waals surface area contributed by atoms with Gasteiger partial charge in [-0.25, -0.2) is 4.98 Å². The van der Waals surface area contributed by atoms with E-state index in [9.17, 15) is 9.90 Å².